The molecule has 1 fully saturated rings. The fraction of sp³-hybridized carbons (Fsp3) is 0.714. The number of Topliss-reactive ketones (excluding diaryl/α,β-unsaturated/α-hetero) is 1. The standard InChI is InChI=1S/C7H12N2O3.ClH/c1-2-12-7(11)9-3-5(8)6(10)4-9;/h5H,2-4,8H2,1H3;1H. The summed E-state index contributed by atoms with van der Waals surface area (Å²) in [7, 11) is 0. The van der Waals surface area contributed by atoms with Crippen LogP contribution >= 0.6 is 12.4 Å². The molecule has 0 aromatic carbocycles. The molecule has 0 aromatic heterocycles. The first-order valence-corrected chi connectivity index (χ1v) is 3.85. The molecule has 0 bridgehead atoms. The fourth-order valence-electron chi connectivity index (χ4n) is 1.06. The van der Waals surface area contributed by atoms with E-state index in [4.69, 9.17) is 10.5 Å². The van der Waals surface area contributed by atoms with E-state index >= 15 is 0 Å². The maximum Gasteiger partial charge on any atom is 0.410 e. The van der Waals surface area contributed by atoms with Gasteiger partial charge in [0.05, 0.1) is 19.2 Å². The van der Waals surface area contributed by atoms with Crippen molar-refractivity contribution in [2.75, 3.05) is 19.7 Å². The third-order valence-corrected chi connectivity index (χ3v) is 1.70. The number of likely N-dealkylation sites (tertiary alicyclic amines) is 1. The zero-order chi connectivity index (χ0) is 9.14. The molecule has 13 heavy (non-hydrogen) atoms. The summed E-state index contributed by atoms with van der Waals surface area (Å²) in [6.07, 6.45) is -0.459. The van der Waals surface area contributed by atoms with Gasteiger partial charge in [0.15, 0.2) is 5.78 Å². The maximum absolute atomic E-state index is 11.0. The Hall–Kier alpha value is -0.810. The molecule has 2 N–H and O–H groups in total. The number of hydrogen-bond donors (Lipinski definition) is 1. The molecule has 0 spiro atoms. The fourth-order valence-corrected chi connectivity index (χ4v) is 1.06. The summed E-state index contributed by atoms with van der Waals surface area (Å²) in [4.78, 5) is 23.3. The second-order valence-corrected chi connectivity index (χ2v) is 2.65. The molecule has 5 nitrogen and oxygen atoms in total. The molecule has 76 valence electrons. The van der Waals surface area contributed by atoms with Crippen molar-refractivity contribution in [3.63, 3.8) is 0 Å². The van der Waals surface area contributed by atoms with Crippen LogP contribution in [0.5, 0.6) is 0 Å². The predicted octanol–water partition coefficient (Wildman–Crippen LogP) is -0.223. The number of amides is 1. The minimum Gasteiger partial charge on any atom is -0.450 e. The number of ketones is 1. The van der Waals surface area contributed by atoms with E-state index in [1.165, 1.54) is 4.90 Å². The number of hydrogen-bond acceptors (Lipinski definition) is 4. The van der Waals surface area contributed by atoms with E-state index < -0.39 is 12.1 Å². The highest BCUT2D eigenvalue weighted by Gasteiger charge is 2.31. The monoisotopic (exact) mass is 208 g/mol. The van der Waals surface area contributed by atoms with E-state index in [0.717, 1.165) is 0 Å². The number of rotatable bonds is 1. The van der Waals surface area contributed by atoms with Gasteiger partial charge in [-0.05, 0) is 6.92 Å². The summed E-state index contributed by atoms with van der Waals surface area (Å²) < 4.78 is 4.70. The van der Waals surface area contributed by atoms with Gasteiger partial charge in [0.2, 0.25) is 0 Å². The summed E-state index contributed by atoms with van der Waals surface area (Å²) in [6, 6.07) is -0.533. The second-order valence-electron chi connectivity index (χ2n) is 2.65. The lowest BCUT2D eigenvalue weighted by Gasteiger charge is -2.13. The first-order valence-electron chi connectivity index (χ1n) is 3.85. The molecule has 1 amide bonds. The average Bonchev–Trinajstić information content (AvgIpc) is 2.33. The van der Waals surface area contributed by atoms with Gasteiger partial charge in [0.1, 0.15) is 0 Å². The smallest absolute Gasteiger partial charge is 0.410 e. The molecule has 1 rings (SSSR count). The van der Waals surface area contributed by atoms with E-state index in [1.54, 1.807) is 6.92 Å². The van der Waals surface area contributed by atoms with Gasteiger partial charge in [-0.3, -0.25) is 9.69 Å². The van der Waals surface area contributed by atoms with Crippen molar-refractivity contribution in [2.45, 2.75) is 13.0 Å². The Morgan fingerprint density at radius 2 is 2.38 bits per heavy atom. The highest BCUT2D eigenvalue weighted by atomic mass is 35.5. The molecule has 1 aliphatic rings. The Bertz CT molecular complexity index is 210. The Balaban J connectivity index is 0.00000144. The van der Waals surface area contributed by atoms with Crippen LogP contribution in [0.25, 0.3) is 0 Å². The van der Waals surface area contributed by atoms with Gasteiger partial charge in [-0.25, -0.2) is 4.79 Å². The molecular formula is C7H13ClN2O3. The summed E-state index contributed by atoms with van der Waals surface area (Å²) in [5.74, 6) is -0.108. The number of halogens is 1. The van der Waals surface area contributed by atoms with Crippen LogP contribution in [0, 0.1) is 0 Å². The lowest BCUT2D eigenvalue weighted by atomic mass is 10.3. The van der Waals surface area contributed by atoms with Crippen LogP contribution in [0.3, 0.4) is 0 Å². The van der Waals surface area contributed by atoms with Crippen LogP contribution in [-0.2, 0) is 9.53 Å². The first kappa shape index (κ1) is 12.2. The third-order valence-electron chi connectivity index (χ3n) is 1.70. The van der Waals surface area contributed by atoms with Gasteiger partial charge in [-0.15, -0.1) is 12.4 Å². The summed E-state index contributed by atoms with van der Waals surface area (Å²) in [6.45, 7) is 2.39. The van der Waals surface area contributed by atoms with E-state index in [-0.39, 0.29) is 31.3 Å². The van der Waals surface area contributed by atoms with Crippen LogP contribution in [0.1, 0.15) is 6.92 Å². The van der Waals surface area contributed by atoms with Crippen LogP contribution in [0.4, 0.5) is 4.79 Å². The lowest BCUT2D eigenvalue weighted by Crippen LogP contribution is -2.32. The summed E-state index contributed by atoms with van der Waals surface area (Å²) in [5, 5.41) is 0. The van der Waals surface area contributed by atoms with Gasteiger partial charge in [-0.2, -0.15) is 0 Å². The topological polar surface area (TPSA) is 72.6 Å². The van der Waals surface area contributed by atoms with Gasteiger partial charge in [0, 0.05) is 6.54 Å². The highest BCUT2D eigenvalue weighted by Crippen LogP contribution is 2.04. The minimum absolute atomic E-state index is 0. The molecule has 1 saturated heterocycles. The SMILES string of the molecule is CCOC(=O)N1CC(=O)C(N)C1.Cl. The van der Waals surface area contributed by atoms with Crippen molar-refractivity contribution in [1.82, 2.24) is 4.90 Å². The Morgan fingerprint density at radius 3 is 2.77 bits per heavy atom. The highest BCUT2D eigenvalue weighted by molar-refractivity contribution is 5.91. The predicted molar refractivity (Wildman–Crippen MR) is 48.8 cm³/mol. The number of carbonyl (C=O) groups is 2. The molecule has 1 unspecified atom stereocenters. The largest absolute Gasteiger partial charge is 0.450 e. The van der Waals surface area contributed by atoms with Gasteiger partial charge >= 0.3 is 6.09 Å². The van der Waals surface area contributed by atoms with Crippen LogP contribution in [0.15, 0.2) is 0 Å². The van der Waals surface area contributed by atoms with Crippen LogP contribution < -0.4 is 5.73 Å². The zero-order valence-electron chi connectivity index (χ0n) is 7.36. The Kier molecular flexibility index (Phi) is 4.72. The van der Waals surface area contributed by atoms with Crippen LogP contribution in [0.2, 0.25) is 0 Å². The van der Waals surface area contributed by atoms with E-state index in [0.29, 0.717) is 6.61 Å². The molecule has 0 aromatic rings. The van der Waals surface area contributed by atoms with Crippen molar-refractivity contribution >= 4 is 24.3 Å². The van der Waals surface area contributed by atoms with E-state index in [9.17, 15) is 9.59 Å². The van der Waals surface area contributed by atoms with Gasteiger partial charge < -0.3 is 10.5 Å². The molecular weight excluding hydrogens is 196 g/mol. The average molecular weight is 209 g/mol. The third kappa shape index (κ3) is 2.86. The van der Waals surface area contributed by atoms with E-state index in [2.05, 4.69) is 0 Å². The molecule has 0 saturated carbocycles. The Labute approximate surface area is 82.6 Å². The number of nitrogens with two attached hydrogens (primary N) is 1. The molecule has 0 aliphatic carbocycles. The molecule has 6 heteroatoms. The normalized spacial score (nSPS) is 21.2. The van der Waals surface area contributed by atoms with Gasteiger partial charge in [-0.1, -0.05) is 0 Å². The Morgan fingerprint density at radius 1 is 1.77 bits per heavy atom. The van der Waals surface area contributed by atoms with Crippen LogP contribution in [-0.4, -0.2) is 42.5 Å². The minimum atomic E-state index is -0.533. The maximum atomic E-state index is 11.0. The summed E-state index contributed by atoms with van der Waals surface area (Å²) in [5.41, 5.74) is 5.40. The quantitative estimate of drug-likeness (QED) is 0.647. The van der Waals surface area contributed by atoms with Gasteiger partial charge in [0.25, 0.3) is 0 Å². The van der Waals surface area contributed by atoms with Crippen molar-refractivity contribution in [2.24, 2.45) is 5.73 Å². The number of ether oxygens (including phenoxy) is 1. The molecule has 1 aliphatic heterocycles. The van der Waals surface area contributed by atoms with Crippen molar-refractivity contribution in [3.05, 3.63) is 0 Å². The molecule has 0 radical (unpaired) electrons. The van der Waals surface area contributed by atoms with Crippen molar-refractivity contribution in [1.29, 1.82) is 0 Å². The summed E-state index contributed by atoms with van der Waals surface area (Å²) >= 11 is 0. The van der Waals surface area contributed by atoms with Crippen molar-refractivity contribution in [3.8, 4) is 0 Å². The number of carbonyl (C=O) groups excluding carboxylic acids is 2. The van der Waals surface area contributed by atoms with E-state index in [1.807, 2.05) is 0 Å². The lowest BCUT2D eigenvalue weighted by molar-refractivity contribution is -0.117. The molecule has 1 heterocycles. The number of nitrogens with zero attached hydrogens (tertiary/aromatic N) is 1. The zero-order valence-corrected chi connectivity index (χ0v) is 8.17. The van der Waals surface area contributed by atoms with Crippen molar-refractivity contribution < 1.29 is 14.3 Å². The second kappa shape index (κ2) is 5.04. The molecule has 1 atom stereocenters. The first-order chi connectivity index (χ1) is 5.65.